The van der Waals surface area contributed by atoms with Gasteiger partial charge >= 0.3 is 11.9 Å². The lowest BCUT2D eigenvalue weighted by Crippen LogP contribution is -2.04. The van der Waals surface area contributed by atoms with E-state index in [-0.39, 0.29) is 24.7 Å². The zero-order chi connectivity index (χ0) is 25.9. The fourth-order valence-electron chi connectivity index (χ4n) is 4.39. The number of ether oxygens (including phenoxy) is 4. The minimum Gasteiger partial charge on any atom is -0.463 e. The minimum absolute atomic E-state index is 0.140. The van der Waals surface area contributed by atoms with E-state index in [2.05, 4.69) is 20.8 Å². The fraction of sp³-hybridized carbons (Fsp3) is 0.615. The lowest BCUT2D eigenvalue weighted by Gasteiger charge is -2.17. The largest absolute Gasteiger partial charge is 0.463 e. The van der Waals surface area contributed by atoms with E-state index in [4.69, 9.17) is 23.0 Å². The summed E-state index contributed by atoms with van der Waals surface area (Å²) in [5.74, 6) is 0.812. The third-order valence-electron chi connectivity index (χ3n) is 6.24. The standard InChI is InChI=1S/C13H19NO4.C13H17NO4/c2*1-16-8-10-11(13(15)17-2)18-12(14-10)9-6-4-3-5-7-9/h9H,3-8H2,1-2H3;6H,3-5,7-8H2,1-2H3. The molecule has 10 heteroatoms. The molecule has 0 amide bonds. The van der Waals surface area contributed by atoms with Crippen LogP contribution in [0, 0.1) is 0 Å². The van der Waals surface area contributed by atoms with Crippen LogP contribution in [0.15, 0.2) is 14.9 Å². The number of hydrogen-bond acceptors (Lipinski definition) is 10. The fourth-order valence-corrected chi connectivity index (χ4v) is 4.39. The molecule has 0 aliphatic heterocycles. The van der Waals surface area contributed by atoms with Gasteiger partial charge in [-0.1, -0.05) is 25.3 Å². The zero-order valence-corrected chi connectivity index (χ0v) is 21.6. The summed E-state index contributed by atoms with van der Waals surface area (Å²) in [6.07, 6.45) is 12.2. The molecule has 0 unspecified atom stereocenters. The highest BCUT2D eigenvalue weighted by atomic mass is 16.5. The number of nitrogens with zero attached hydrogens (tertiary/aromatic N) is 2. The Balaban J connectivity index is 0.000000201. The molecule has 2 aromatic heterocycles. The van der Waals surface area contributed by atoms with Crippen molar-refractivity contribution in [2.45, 2.75) is 76.9 Å². The second kappa shape index (κ2) is 13.9. The molecular formula is C26H36N2O8. The van der Waals surface area contributed by atoms with E-state index >= 15 is 0 Å². The summed E-state index contributed by atoms with van der Waals surface area (Å²) in [6, 6.07) is 0. The maximum absolute atomic E-state index is 11.6. The Kier molecular flexibility index (Phi) is 10.7. The van der Waals surface area contributed by atoms with Gasteiger partial charge in [-0.3, -0.25) is 0 Å². The number of hydrogen-bond donors (Lipinski definition) is 0. The highest BCUT2D eigenvalue weighted by Gasteiger charge is 2.26. The molecule has 10 nitrogen and oxygen atoms in total. The van der Waals surface area contributed by atoms with Crippen molar-refractivity contribution >= 4 is 17.5 Å². The summed E-state index contributed by atoms with van der Waals surface area (Å²) in [6.45, 7) is 0.502. The molecular weight excluding hydrogens is 468 g/mol. The summed E-state index contributed by atoms with van der Waals surface area (Å²) in [5.41, 5.74) is 2.09. The van der Waals surface area contributed by atoms with Gasteiger partial charge in [-0.15, -0.1) is 0 Å². The second-order valence-corrected chi connectivity index (χ2v) is 8.78. The Morgan fingerprint density at radius 3 is 2.00 bits per heavy atom. The molecule has 1 saturated carbocycles. The molecule has 4 rings (SSSR count). The van der Waals surface area contributed by atoms with Crippen molar-refractivity contribution in [3.63, 3.8) is 0 Å². The summed E-state index contributed by atoms with van der Waals surface area (Å²) < 4.78 is 30.5. The molecule has 0 N–H and O–H groups in total. The van der Waals surface area contributed by atoms with E-state index < -0.39 is 11.9 Å². The molecule has 198 valence electrons. The Labute approximate surface area is 211 Å². The number of carbonyl (C=O) groups excluding carboxylic acids is 2. The van der Waals surface area contributed by atoms with Gasteiger partial charge in [0.25, 0.3) is 0 Å². The molecule has 1 fully saturated rings. The van der Waals surface area contributed by atoms with E-state index in [1.54, 1.807) is 14.2 Å². The summed E-state index contributed by atoms with van der Waals surface area (Å²) in [7, 11) is 5.77. The predicted octanol–water partition coefficient (Wildman–Crippen LogP) is 5.22. The summed E-state index contributed by atoms with van der Waals surface area (Å²) in [4.78, 5) is 31.9. The quantitative estimate of drug-likeness (QED) is 0.442. The maximum atomic E-state index is 11.6. The number of methoxy groups -OCH3 is 4. The molecule has 36 heavy (non-hydrogen) atoms. The topological polar surface area (TPSA) is 123 Å². The first-order chi connectivity index (χ1) is 17.5. The highest BCUT2D eigenvalue weighted by molar-refractivity contribution is 5.88. The number of aromatic nitrogens is 2. The van der Waals surface area contributed by atoms with Gasteiger partial charge in [-0.05, 0) is 38.5 Å². The van der Waals surface area contributed by atoms with Crippen LogP contribution in [0.3, 0.4) is 0 Å². The van der Waals surface area contributed by atoms with Gasteiger partial charge in [-0.25, -0.2) is 19.6 Å². The van der Waals surface area contributed by atoms with E-state index in [1.165, 1.54) is 39.9 Å². The van der Waals surface area contributed by atoms with Crippen LogP contribution in [0.5, 0.6) is 0 Å². The maximum Gasteiger partial charge on any atom is 0.376 e. The van der Waals surface area contributed by atoms with E-state index in [0.717, 1.165) is 37.7 Å². The van der Waals surface area contributed by atoms with Crippen molar-refractivity contribution in [3.05, 3.63) is 40.8 Å². The number of allylic oxidation sites excluding steroid dienone is 2. The zero-order valence-electron chi connectivity index (χ0n) is 21.6. The van der Waals surface area contributed by atoms with Crippen molar-refractivity contribution in [2.75, 3.05) is 28.4 Å². The molecule has 0 saturated heterocycles. The Hall–Kier alpha value is -2.98. The Morgan fingerprint density at radius 2 is 1.44 bits per heavy atom. The third-order valence-corrected chi connectivity index (χ3v) is 6.24. The summed E-state index contributed by atoms with van der Waals surface area (Å²) in [5, 5.41) is 0. The Morgan fingerprint density at radius 1 is 0.833 bits per heavy atom. The van der Waals surface area contributed by atoms with Crippen LogP contribution in [0.2, 0.25) is 0 Å². The monoisotopic (exact) mass is 504 g/mol. The van der Waals surface area contributed by atoms with Crippen LogP contribution < -0.4 is 0 Å². The first-order valence-electron chi connectivity index (χ1n) is 12.4. The van der Waals surface area contributed by atoms with Crippen LogP contribution in [0.4, 0.5) is 0 Å². The average Bonchev–Trinajstić information content (AvgIpc) is 3.54. The number of carbonyl (C=O) groups is 2. The van der Waals surface area contributed by atoms with Crippen molar-refractivity contribution in [1.82, 2.24) is 9.97 Å². The highest BCUT2D eigenvalue weighted by Crippen LogP contribution is 2.33. The number of esters is 2. The average molecular weight is 505 g/mol. The molecule has 0 aromatic carbocycles. The van der Waals surface area contributed by atoms with Gasteiger partial charge in [0.1, 0.15) is 11.4 Å². The van der Waals surface area contributed by atoms with E-state index in [0.29, 0.717) is 29.1 Å². The summed E-state index contributed by atoms with van der Waals surface area (Å²) >= 11 is 0. The molecule has 2 aliphatic rings. The van der Waals surface area contributed by atoms with Gasteiger partial charge in [0.05, 0.1) is 27.4 Å². The molecule has 0 spiro atoms. The van der Waals surface area contributed by atoms with Gasteiger partial charge in [0.15, 0.2) is 5.89 Å². The Bertz CT molecular complexity index is 1030. The third kappa shape index (κ3) is 7.04. The van der Waals surface area contributed by atoms with E-state index in [9.17, 15) is 9.59 Å². The first-order valence-corrected chi connectivity index (χ1v) is 12.4. The predicted molar refractivity (Wildman–Crippen MR) is 129 cm³/mol. The van der Waals surface area contributed by atoms with Crippen LogP contribution >= 0.6 is 0 Å². The van der Waals surface area contributed by atoms with Crippen molar-refractivity contribution in [3.8, 4) is 0 Å². The van der Waals surface area contributed by atoms with Crippen LogP contribution in [-0.4, -0.2) is 50.3 Å². The van der Waals surface area contributed by atoms with Crippen molar-refractivity contribution in [1.29, 1.82) is 0 Å². The normalized spacial score (nSPS) is 16.1. The first kappa shape index (κ1) is 27.6. The van der Waals surface area contributed by atoms with Gasteiger partial charge in [0, 0.05) is 25.7 Å². The van der Waals surface area contributed by atoms with E-state index in [1.807, 2.05) is 0 Å². The smallest absolute Gasteiger partial charge is 0.376 e. The molecule has 0 radical (unpaired) electrons. The van der Waals surface area contributed by atoms with Gasteiger partial charge in [-0.2, -0.15) is 0 Å². The number of rotatable bonds is 8. The lowest BCUT2D eigenvalue weighted by atomic mass is 9.89. The second-order valence-electron chi connectivity index (χ2n) is 8.78. The van der Waals surface area contributed by atoms with Crippen molar-refractivity contribution < 1.29 is 37.4 Å². The lowest BCUT2D eigenvalue weighted by molar-refractivity contribution is 0.0548. The molecule has 2 aliphatic carbocycles. The van der Waals surface area contributed by atoms with Crippen LogP contribution in [0.25, 0.3) is 5.57 Å². The molecule has 0 bridgehead atoms. The van der Waals surface area contributed by atoms with Gasteiger partial charge < -0.3 is 27.8 Å². The van der Waals surface area contributed by atoms with Crippen LogP contribution in [0.1, 0.15) is 108 Å². The van der Waals surface area contributed by atoms with Crippen LogP contribution in [-0.2, 0) is 32.2 Å². The molecule has 2 aromatic rings. The number of oxazole rings is 2. The molecule has 0 atom stereocenters. The minimum atomic E-state index is -0.516. The molecule has 2 heterocycles. The SMILES string of the molecule is COCc1nc(C2=CCCCC2)oc1C(=O)OC.COCc1nc(C2CCCCC2)oc1C(=O)OC. The van der Waals surface area contributed by atoms with Crippen molar-refractivity contribution in [2.24, 2.45) is 0 Å². The van der Waals surface area contributed by atoms with Gasteiger partial charge in [0.2, 0.25) is 17.4 Å².